The zero-order valence-electron chi connectivity index (χ0n) is 12.7. The summed E-state index contributed by atoms with van der Waals surface area (Å²) in [5.74, 6) is 0.691. The molecule has 0 saturated heterocycles. The Hall–Kier alpha value is -3.02. The van der Waals surface area contributed by atoms with Crippen molar-refractivity contribution in [2.45, 2.75) is 13.0 Å². The number of carbonyl (C=O) groups excluding carboxylic acids is 2. The predicted octanol–water partition coefficient (Wildman–Crippen LogP) is 2.22. The van der Waals surface area contributed by atoms with Crippen LogP contribution in [0.5, 0.6) is 0 Å². The summed E-state index contributed by atoms with van der Waals surface area (Å²) < 4.78 is 10.2. The average molecular weight is 314 g/mol. The van der Waals surface area contributed by atoms with E-state index in [4.69, 9.17) is 8.83 Å². The molecular weight excluding hydrogens is 296 g/mol. The summed E-state index contributed by atoms with van der Waals surface area (Å²) in [6, 6.07) is 6.78. The highest BCUT2D eigenvalue weighted by Crippen LogP contribution is 2.02. The van der Waals surface area contributed by atoms with Crippen LogP contribution in [0.2, 0.25) is 0 Å². The third-order valence-corrected chi connectivity index (χ3v) is 2.86. The van der Waals surface area contributed by atoms with Gasteiger partial charge in [0.15, 0.2) is 0 Å². The van der Waals surface area contributed by atoms with Gasteiger partial charge in [0.2, 0.25) is 11.8 Å². The fraction of sp³-hybridized carbons (Fsp3) is 0.176. The molecule has 0 bridgehead atoms. The van der Waals surface area contributed by atoms with Gasteiger partial charge in [0.05, 0.1) is 12.5 Å². The minimum absolute atomic E-state index is 0.204. The molecule has 0 aromatic carbocycles. The standard InChI is InChI=1S/C17H18N2O4/c1-13(19-17(21)9-7-15-5-3-11-23-15)12-18-16(20)8-6-14-4-2-10-22-14/h2-11,13H,12H2,1H3,(H,18,20)(H,19,21). The van der Waals surface area contributed by atoms with Crippen LogP contribution in [0.1, 0.15) is 18.4 Å². The smallest absolute Gasteiger partial charge is 0.244 e. The summed E-state index contributed by atoms with van der Waals surface area (Å²) in [5, 5.41) is 5.44. The van der Waals surface area contributed by atoms with Crippen LogP contribution in [0, 0.1) is 0 Å². The first-order valence-electron chi connectivity index (χ1n) is 7.15. The molecule has 120 valence electrons. The largest absolute Gasteiger partial charge is 0.465 e. The van der Waals surface area contributed by atoms with E-state index in [9.17, 15) is 9.59 Å². The van der Waals surface area contributed by atoms with Crippen LogP contribution in [-0.4, -0.2) is 24.4 Å². The number of carbonyl (C=O) groups is 2. The molecule has 0 saturated carbocycles. The molecule has 0 aliphatic heterocycles. The highest BCUT2D eigenvalue weighted by Gasteiger charge is 2.06. The Morgan fingerprint density at radius 1 is 1.04 bits per heavy atom. The number of amides is 2. The van der Waals surface area contributed by atoms with E-state index < -0.39 is 0 Å². The molecule has 2 aromatic heterocycles. The monoisotopic (exact) mass is 314 g/mol. The summed E-state index contributed by atoms with van der Waals surface area (Å²) in [6.07, 6.45) is 8.98. The Morgan fingerprint density at radius 3 is 2.13 bits per heavy atom. The third kappa shape index (κ3) is 6.09. The van der Waals surface area contributed by atoms with Gasteiger partial charge in [-0.3, -0.25) is 9.59 Å². The molecule has 23 heavy (non-hydrogen) atoms. The van der Waals surface area contributed by atoms with Crippen molar-refractivity contribution in [2.24, 2.45) is 0 Å². The minimum atomic E-state index is -0.256. The first kappa shape index (κ1) is 16.4. The highest BCUT2D eigenvalue weighted by molar-refractivity contribution is 5.92. The summed E-state index contributed by atoms with van der Waals surface area (Å²) in [6.45, 7) is 2.12. The number of nitrogens with one attached hydrogen (secondary N) is 2. The van der Waals surface area contributed by atoms with Crippen LogP contribution in [0.15, 0.2) is 57.8 Å². The molecule has 2 rings (SSSR count). The molecular formula is C17H18N2O4. The lowest BCUT2D eigenvalue weighted by molar-refractivity contribution is -0.118. The molecule has 0 fully saturated rings. The molecule has 2 aromatic rings. The lowest BCUT2D eigenvalue weighted by Crippen LogP contribution is -2.40. The van der Waals surface area contributed by atoms with Crippen molar-refractivity contribution in [3.05, 3.63) is 60.5 Å². The van der Waals surface area contributed by atoms with Gasteiger partial charge in [-0.2, -0.15) is 0 Å². The van der Waals surface area contributed by atoms with E-state index in [1.54, 1.807) is 43.3 Å². The lowest BCUT2D eigenvalue weighted by atomic mass is 10.3. The van der Waals surface area contributed by atoms with Gasteiger partial charge in [0.25, 0.3) is 0 Å². The van der Waals surface area contributed by atoms with Crippen molar-refractivity contribution in [1.82, 2.24) is 10.6 Å². The van der Waals surface area contributed by atoms with E-state index in [1.807, 2.05) is 0 Å². The van der Waals surface area contributed by atoms with Gasteiger partial charge in [0, 0.05) is 24.7 Å². The Kier molecular flexibility index (Phi) is 5.99. The van der Waals surface area contributed by atoms with Gasteiger partial charge in [-0.1, -0.05) is 0 Å². The van der Waals surface area contributed by atoms with Crippen molar-refractivity contribution < 1.29 is 18.4 Å². The maximum absolute atomic E-state index is 11.7. The second-order valence-electron chi connectivity index (χ2n) is 4.85. The maximum atomic E-state index is 11.7. The number of furan rings is 2. The molecule has 2 heterocycles. The van der Waals surface area contributed by atoms with Crippen LogP contribution in [-0.2, 0) is 9.59 Å². The first-order chi connectivity index (χ1) is 11.1. The summed E-state index contributed by atoms with van der Waals surface area (Å²) >= 11 is 0. The first-order valence-corrected chi connectivity index (χ1v) is 7.15. The Bertz CT molecular complexity index is 670. The quantitative estimate of drug-likeness (QED) is 0.768. The summed E-state index contributed by atoms with van der Waals surface area (Å²) in [5.41, 5.74) is 0. The lowest BCUT2D eigenvalue weighted by Gasteiger charge is -2.12. The van der Waals surface area contributed by atoms with E-state index in [0.29, 0.717) is 18.1 Å². The molecule has 1 atom stereocenters. The molecule has 2 amide bonds. The molecule has 2 N–H and O–H groups in total. The van der Waals surface area contributed by atoms with Crippen molar-refractivity contribution in [3.8, 4) is 0 Å². The second-order valence-corrected chi connectivity index (χ2v) is 4.85. The molecule has 0 radical (unpaired) electrons. The Labute approximate surface area is 133 Å². The molecule has 1 unspecified atom stereocenters. The number of rotatable bonds is 7. The van der Waals surface area contributed by atoms with Crippen molar-refractivity contribution in [1.29, 1.82) is 0 Å². The molecule has 0 aliphatic carbocycles. The van der Waals surface area contributed by atoms with Gasteiger partial charge >= 0.3 is 0 Å². The molecule has 6 nitrogen and oxygen atoms in total. The van der Waals surface area contributed by atoms with Crippen molar-refractivity contribution in [3.63, 3.8) is 0 Å². The normalized spacial score (nSPS) is 12.6. The van der Waals surface area contributed by atoms with Crippen LogP contribution < -0.4 is 10.6 Å². The van der Waals surface area contributed by atoms with E-state index >= 15 is 0 Å². The van der Waals surface area contributed by atoms with Gasteiger partial charge in [-0.05, 0) is 43.3 Å². The fourth-order valence-corrected chi connectivity index (χ4v) is 1.74. The van der Waals surface area contributed by atoms with Gasteiger partial charge in [-0.15, -0.1) is 0 Å². The molecule has 0 spiro atoms. The molecule has 6 heteroatoms. The zero-order chi connectivity index (χ0) is 16.5. The van der Waals surface area contributed by atoms with Gasteiger partial charge in [-0.25, -0.2) is 0 Å². The van der Waals surface area contributed by atoms with Crippen molar-refractivity contribution >= 4 is 24.0 Å². The SMILES string of the molecule is CC(CNC(=O)C=Cc1ccco1)NC(=O)C=Cc1ccco1. The number of hydrogen-bond donors (Lipinski definition) is 2. The number of hydrogen-bond acceptors (Lipinski definition) is 4. The zero-order valence-corrected chi connectivity index (χ0v) is 12.7. The van der Waals surface area contributed by atoms with E-state index in [2.05, 4.69) is 10.6 Å². The Morgan fingerprint density at radius 2 is 1.61 bits per heavy atom. The second kappa shape index (κ2) is 8.43. The predicted molar refractivity (Wildman–Crippen MR) is 86.1 cm³/mol. The van der Waals surface area contributed by atoms with Gasteiger partial charge < -0.3 is 19.5 Å². The van der Waals surface area contributed by atoms with E-state index in [1.165, 1.54) is 24.7 Å². The van der Waals surface area contributed by atoms with E-state index in [0.717, 1.165) is 0 Å². The van der Waals surface area contributed by atoms with Crippen LogP contribution in [0.4, 0.5) is 0 Å². The van der Waals surface area contributed by atoms with Crippen LogP contribution in [0.25, 0.3) is 12.2 Å². The fourth-order valence-electron chi connectivity index (χ4n) is 1.74. The topological polar surface area (TPSA) is 84.5 Å². The van der Waals surface area contributed by atoms with Gasteiger partial charge in [0.1, 0.15) is 11.5 Å². The van der Waals surface area contributed by atoms with Crippen LogP contribution >= 0.6 is 0 Å². The highest BCUT2D eigenvalue weighted by atomic mass is 16.3. The summed E-state index contributed by atoms with van der Waals surface area (Å²) in [7, 11) is 0. The maximum Gasteiger partial charge on any atom is 0.244 e. The van der Waals surface area contributed by atoms with E-state index in [-0.39, 0.29) is 17.9 Å². The molecule has 0 aliphatic rings. The minimum Gasteiger partial charge on any atom is -0.465 e. The van der Waals surface area contributed by atoms with Crippen molar-refractivity contribution in [2.75, 3.05) is 6.54 Å². The average Bonchev–Trinajstić information content (AvgIpc) is 3.22. The third-order valence-electron chi connectivity index (χ3n) is 2.86. The Balaban J connectivity index is 1.69. The van der Waals surface area contributed by atoms with Crippen LogP contribution in [0.3, 0.4) is 0 Å². The summed E-state index contributed by atoms with van der Waals surface area (Å²) in [4.78, 5) is 23.3.